The number of ether oxygens (including phenoxy) is 1. The number of nitrogens with zero attached hydrogens (tertiary/aromatic N) is 2. The van der Waals surface area contributed by atoms with Gasteiger partial charge in [0.05, 0.1) is 11.9 Å². The topological polar surface area (TPSA) is 87.1 Å². The van der Waals surface area contributed by atoms with Crippen molar-refractivity contribution in [1.82, 2.24) is 9.21 Å². The maximum atomic E-state index is 12.1. The molecule has 0 aromatic rings. The molecule has 0 amide bonds. The van der Waals surface area contributed by atoms with Gasteiger partial charge in [-0.25, -0.2) is 8.42 Å². The number of carboxylic acids is 1. The highest BCUT2D eigenvalue weighted by atomic mass is 32.2. The Labute approximate surface area is 125 Å². The molecule has 21 heavy (non-hydrogen) atoms. The Morgan fingerprint density at radius 2 is 1.95 bits per heavy atom. The van der Waals surface area contributed by atoms with E-state index in [-0.39, 0.29) is 18.6 Å². The van der Waals surface area contributed by atoms with Crippen molar-refractivity contribution in [1.29, 1.82) is 0 Å². The monoisotopic (exact) mass is 320 g/mol. The Morgan fingerprint density at radius 3 is 2.52 bits per heavy atom. The molecule has 0 aromatic carbocycles. The van der Waals surface area contributed by atoms with Gasteiger partial charge >= 0.3 is 5.97 Å². The number of aliphatic carboxylic acids is 1. The fourth-order valence-electron chi connectivity index (χ4n) is 2.80. The average molecular weight is 320 g/mol. The molecular formula is C13H24N2O5S. The summed E-state index contributed by atoms with van der Waals surface area (Å²) in [6.07, 6.45) is 2.58. The van der Waals surface area contributed by atoms with E-state index in [9.17, 15) is 13.2 Å². The number of sulfonamides is 1. The lowest BCUT2D eigenvalue weighted by Crippen LogP contribution is -2.50. The molecule has 2 fully saturated rings. The maximum absolute atomic E-state index is 12.1. The summed E-state index contributed by atoms with van der Waals surface area (Å²) < 4.78 is 31.3. The molecule has 2 aliphatic heterocycles. The predicted molar refractivity (Wildman–Crippen MR) is 77.6 cm³/mol. The van der Waals surface area contributed by atoms with Gasteiger partial charge in [-0.3, -0.25) is 9.69 Å². The van der Waals surface area contributed by atoms with E-state index in [1.165, 1.54) is 4.31 Å². The quantitative estimate of drug-likeness (QED) is 0.709. The van der Waals surface area contributed by atoms with Crippen LogP contribution in [0.3, 0.4) is 0 Å². The average Bonchev–Trinajstić information content (AvgIpc) is 2.91. The van der Waals surface area contributed by atoms with Crippen LogP contribution in [0.1, 0.15) is 25.7 Å². The number of hydrogen-bond acceptors (Lipinski definition) is 5. The zero-order chi connectivity index (χ0) is 15.3. The van der Waals surface area contributed by atoms with Gasteiger partial charge in [0.25, 0.3) is 0 Å². The minimum Gasteiger partial charge on any atom is -0.481 e. The van der Waals surface area contributed by atoms with Crippen molar-refractivity contribution in [3.63, 3.8) is 0 Å². The second kappa shape index (κ2) is 7.53. The van der Waals surface area contributed by atoms with E-state index >= 15 is 0 Å². The molecule has 122 valence electrons. The van der Waals surface area contributed by atoms with Gasteiger partial charge in [-0.05, 0) is 19.3 Å². The Balaban J connectivity index is 1.72. The van der Waals surface area contributed by atoms with E-state index in [4.69, 9.17) is 9.84 Å². The first kappa shape index (κ1) is 16.7. The number of piperazine rings is 1. The van der Waals surface area contributed by atoms with Gasteiger partial charge in [0.1, 0.15) is 0 Å². The lowest BCUT2D eigenvalue weighted by Gasteiger charge is -2.35. The molecule has 7 nitrogen and oxygen atoms in total. The number of carbonyl (C=O) groups is 1. The van der Waals surface area contributed by atoms with Crippen LogP contribution in [0, 0.1) is 0 Å². The van der Waals surface area contributed by atoms with Crippen LogP contribution in [0.4, 0.5) is 0 Å². The van der Waals surface area contributed by atoms with Crippen molar-refractivity contribution in [3.05, 3.63) is 0 Å². The molecule has 2 heterocycles. The van der Waals surface area contributed by atoms with Crippen molar-refractivity contribution in [2.45, 2.75) is 31.8 Å². The lowest BCUT2D eigenvalue weighted by atomic mass is 10.2. The van der Waals surface area contributed by atoms with Gasteiger partial charge in [-0.15, -0.1) is 0 Å². The molecule has 0 spiro atoms. The van der Waals surface area contributed by atoms with Gasteiger partial charge in [-0.2, -0.15) is 4.31 Å². The molecule has 2 aliphatic rings. The summed E-state index contributed by atoms with van der Waals surface area (Å²) in [4.78, 5) is 12.7. The molecule has 1 atom stereocenters. The third-order valence-electron chi connectivity index (χ3n) is 4.00. The van der Waals surface area contributed by atoms with Crippen LogP contribution in [-0.2, 0) is 19.6 Å². The van der Waals surface area contributed by atoms with Gasteiger partial charge in [0, 0.05) is 45.8 Å². The third-order valence-corrected chi connectivity index (χ3v) is 5.96. The lowest BCUT2D eigenvalue weighted by molar-refractivity contribution is -0.137. The summed E-state index contributed by atoms with van der Waals surface area (Å²) >= 11 is 0. The predicted octanol–water partition coefficient (Wildman–Crippen LogP) is -0.0224. The van der Waals surface area contributed by atoms with E-state index in [2.05, 4.69) is 4.90 Å². The summed E-state index contributed by atoms with van der Waals surface area (Å²) in [7, 11) is -3.32. The van der Waals surface area contributed by atoms with Gasteiger partial charge in [0.15, 0.2) is 0 Å². The Hall–Kier alpha value is -0.700. The number of hydrogen-bond donors (Lipinski definition) is 1. The zero-order valence-electron chi connectivity index (χ0n) is 12.2. The summed E-state index contributed by atoms with van der Waals surface area (Å²) in [5.74, 6) is -1.03. The largest absolute Gasteiger partial charge is 0.481 e. The molecule has 8 heteroatoms. The van der Waals surface area contributed by atoms with E-state index in [0.717, 1.165) is 39.1 Å². The minimum atomic E-state index is -3.32. The molecule has 2 rings (SSSR count). The maximum Gasteiger partial charge on any atom is 0.303 e. The van der Waals surface area contributed by atoms with Crippen LogP contribution in [0.5, 0.6) is 0 Å². The van der Waals surface area contributed by atoms with Crippen LogP contribution in [0.15, 0.2) is 0 Å². The van der Waals surface area contributed by atoms with Crippen molar-refractivity contribution in [2.75, 3.05) is 45.1 Å². The standard InChI is InChI=1S/C13H24N2O5S/c16-13(17)4-2-10-21(18,19)15-7-5-14(6-8-15)11-12-3-1-9-20-12/h12H,1-11H2,(H,16,17). The summed E-state index contributed by atoms with van der Waals surface area (Å²) in [6, 6.07) is 0. The first-order valence-electron chi connectivity index (χ1n) is 7.51. The van der Waals surface area contributed by atoms with Gasteiger partial charge < -0.3 is 9.84 Å². The van der Waals surface area contributed by atoms with Crippen LogP contribution >= 0.6 is 0 Å². The van der Waals surface area contributed by atoms with E-state index in [1.807, 2.05) is 0 Å². The van der Waals surface area contributed by atoms with Gasteiger partial charge in [-0.1, -0.05) is 0 Å². The fraction of sp³-hybridized carbons (Fsp3) is 0.923. The Bertz CT molecular complexity index is 439. The highest BCUT2D eigenvalue weighted by molar-refractivity contribution is 7.89. The highest BCUT2D eigenvalue weighted by Crippen LogP contribution is 2.16. The number of rotatable bonds is 7. The van der Waals surface area contributed by atoms with Crippen molar-refractivity contribution in [2.24, 2.45) is 0 Å². The molecule has 0 radical (unpaired) electrons. The minimum absolute atomic E-state index is 0.0783. The third kappa shape index (κ3) is 5.21. The molecule has 0 aromatic heterocycles. The second-order valence-corrected chi connectivity index (χ2v) is 7.74. The summed E-state index contributed by atoms with van der Waals surface area (Å²) in [6.45, 7) is 4.13. The van der Waals surface area contributed by atoms with Crippen molar-refractivity contribution < 1.29 is 23.1 Å². The van der Waals surface area contributed by atoms with Crippen LogP contribution < -0.4 is 0 Å². The molecule has 2 saturated heterocycles. The van der Waals surface area contributed by atoms with Crippen LogP contribution in [-0.4, -0.2) is 79.9 Å². The molecule has 1 N–H and O–H groups in total. The molecule has 0 aliphatic carbocycles. The van der Waals surface area contributed by atoms with Crippen LogP contribution in [0.25, 0.3) is 0 Å². The zero-order valence-corrected chi connectivity index (χ0v) is 13.1. The molecule has 0 bridgehead atoms. The first-order chi connectivity index (χ1) is 9.97. The first-order valence-corrected chi connectivity index (χ1v) is 9.12. The smallest absolute Gasteiger partial charge is 0.303 e. The van der Waals surface area contributed by atoms with E-state index < -0.39 is 16.0 Å². The summed E-state index contributed by atoms with van der Waals surface area (Å²) in [5.41, 5.74) is 0. The highest BCUT2D eigenvalue weighted by Gasteiger charge is 2.28. The molecule has 0 saturated carbocycles. The summed E-state index contributed by atoms with van der Waals surface area (Å²) in [5, 5.41) is 8.56. The van der Waals surface area contributed by atoms with Crippen molar-refractivity contribution >= 4 is 16.0 Å². The molecular weight excluding hydrogens is 296 g/mol. The number of carboxylic acid groups (broad SMARTS) is 1. The van der Waals surface area contributed by atoms with Crippen molar-refractivity contribution in [3.8, 4) is 0 Å². The molecule has 1 unspecified atom stereocenters. The van der Waals surface area contributed by atoms with Crippen LogP contribution in [0.2, 0.25) is 0 Å². The Kier molecular flexibility index (Phi) is 5.98. The fourth-order valence-corrected chi connectivity index (χ4v) is 4.29. The normalized spacial score (nSPS) is 25.2. The SMILES string of the molecule is O=C(O)CCCS(=O)(=O)N1CCN(CC2CCCO2)CC1. The van der Waals surface area contributed by atoms with E-state index in [1.54, 1.807) is 0 Å². The van der Waals surface area contributed by atoms with E-state index in [0.29, 0.717) is 19.2 Å². The Morgan fingerprint density at radius 1 is 1.24 bits per heavy atom. The van der Waals surface area contributed by atoms with Gasteiger partial charge in [0.2, 0.25) is 10.0 Å². The second-order valence-electron chi connectivity index (χ2n) is 5.65.